The molecule has 0 saturated heterocycles. The minimum atomic E-state index is 0.692. The lowest BCUT2D eigenvalue weighted by Gasteiger charge is -2.17. The van der Waals surface area contributed by atoms with Crippen molar-refractivity contribution in [3.8, 4) is 0 Å². The largest absolute Gasteiger partial charge is 0.263 e. The van der Waals surface area contributed by atoms with Crippen molar-refractivity contribution < 1.29 is 0 Å². The van der Waals surface area contributed by atoms with Crippen molar-refractivity contribution in [1.29, 1.82) is 0 Å². The Bertz CT molecular complexity index is 357. The fourth-order valence-electron chi connectivity index (χ4n) is 1.95. The van der Waals surface area contributed by atoms with Crippen LogP contribution in [0.25, 0.3) is 5.57 Å². The zero-order chi connectivity index (χ0) is 9.97. The summed E-state index contributed by atoms with van der Waals surface area (Å²) in [5.74, 6) is 0.692. The van der Waals surface area contributed by atoms with E-state index in [1.165, 1.54) is 24.0 Å². The Balaban J connectivity index is 2.30. The number of pyridine rings is 1. The average Bonchev–Trinajstić information content (AvgIpc) is 2.18. The zero-order valence-corrected chi connectivity index (χ0v) is 9.09. The van der Waals surface area contributed by atoms with E-state index in [0.29, 0.717) is 5.92 Å². The molecule has 14 heavy (non-hydrogen) atoms. The van der Waals surface area contributed by atoms with Gasteiger partial charge in [-0.2, -0.15) is 0 Å². The Morgan fingerprint density at radius 2 is 2.29 bits per heavy atom. The Morgan fingerprint density at radius 1 is 1.43 bits per heavy atom. The summed E-state index contributed by atoms with van der Waals surface area (Å²) in [4.78, 5) is 4.11. The lowest BCUT2D eigenvalue weighted by atomic mass is 9.89. The molecule has 1 atom stereocenters. The summed E-state index contributed by atoms with van der Waals surface area (Å²) in [6.45, 7) is 2.26. The summed E-state index contributed by atoms with van der Waals surface area (Å²) in [6.07, 6.45) is 9.66. The first-order valence-electron chi connectivity index (χ1n) is 5.07. The molecule has 0 aliphatic heterocycles. The van der Waals surface area contributed by atoms with Gasteiger partial charge in [-0.1, -0.05) is 24.6 Å². The zero-order valence-electron chi connectivity index (χ0n) is 8.33. The molecule has 0 fully saturated rings. The number of halogens is 1. The number of aromatic nitrogens is 1. The third kappa shape index (κ3) is 2.16. The molecule has 1 aliphatic carbocycles. The molecule has 0 amide bonds. The van der Waals surface area contributed by atoms with E-state index in [-0.39, 0.29) is 0 Å². The van der Waals surface area contributed by atoms with E-state index in [9.17, 15) is 0 Å². The lowest BCUT2D eigenvalue weighted by Crippen LogP contribution is -2.00. The molecule has 1 heterocycles. The summed E-state index contributed by atoms with van der Waals surface area (Å²) in [7, 11) is 0. The molecule has 0 radical (unpaired) electrons. The van der Waals surface area contributed by atoms with Gasteiger partial charge < -0.3 is 0 Å². The minimum Gasteiger partial charge on any atom is -0.263 e. The van der Waals surface area contributed by atoms with Gasteiger partial charge in [-0.15, -0.1) is 0 Å². The van der Waals surface area contributed by atoms with Crippen LogP contribution in [0.4, 0.5) is 0 Å². The van der Waals surface area contributed by atoms with E-state index in [1.54, 1.807) is 6.20 Å². The smallest absolute Gasteiger partial charge is 0.0595 e. The molecule has 1 aromatic heterocycles. The quantitative estimate of drug-likeness (QED) is 0.680. The Labute approximate surface area is 89.8 Å². The maximum Gasteiger partial charge on any atom is 0.0595 e. The standard InChI is InChI=1S/C12H14ClN/c1-9-3-2-4-10(5-9)11-6-12(13)8-14-7-11/h5-9H,2-4H2,1H3/t9-/m0/s1. The van der Waals surface area contributed by atoms with E-state index >= 15 is 0 Å². The second-order valence-corrected chi connectivity index (χ2v) is 4.39. The summed E-state index contributed by atoms with van der Waals surface area (Å²) >= 11 is 5.91. The maximum absolute atomic E-state index is 5.91. The third-order valence-corrected chi connectivity index (χ3v) is 2.87. The van der Waals surface area contributed by atoms with Crippen LogP contribution in [0.15, 0.2) is 24.5 Å². The van der Waals surface area contributed by atoms with E-state index in [0.717, 1.165) is 11.4 Å². The lowest BCUT2D eigenvalue weighted by molar-refractivity contribution is 0.592. The fourth-order valence-corrected chi connectivity index (χ4v) is 2.13. The molecular weight excluding hydrogens is 194 g/mol. The van der Waals surface area contributed by atoms with Gasteiger partial charge in [0.1, 0.15) is 0 Å². The molecule has 0 spiro atoms. The van der Waals surface area contributed by atoms with Gasteiger partial charge in [0.2, 0.25) is 0 Å². The van der Waals surface area contributed by atoms with Crippen LogP contribution >= 0.6 is 11.6 Å². The summed E-state index contributed by atoms with van der Waals surface area (Å²) in [5.41, 5.74) is 2.59. The Morgan fingerprint density at radius 3 is 3.00 bits per heavy atom. The molecule has 1 nitrogen and oxygen atoms in total. The summed E-state index contributed by atoms with van der Waals surface area (Å²) in [6, 6.07) is 2.00. The second-order valence-electron chi connectivity index (χ2n) is 3.95. The highest BCUT2D eigenvalue weighted by Crippen LogP contribution is 2.30. The number of rotatable bonds is 1. The van der Waals surface area contributed by atoms with E-state index in [1.807, 2.05) is 12.3 Å². The van der Waals surface area contributed by atoms with Gasteiger partial charge in [0.05, 0.1) is 5.02 Å². The number of allylic oxidation sites excluding steroid dienone is 2. The van der Waals surface area contributed by atoms with Gasteiger partial charge in [-0.25, -0.2) is 0 Å². The van der Waals surface area contributed by atoms with Crippen LogP contribution in [-0.4, -0.2) is 4.98 Å². The molecule has 0 saturated carbocycles. The van der Waals surface area contributed by atoms with E-state index in [2.05, 4.69) is 18.0 Å². The van der Waals surface area contributed by atoms with Gasteiger partial charge in [0.25, 0.3) is 0 Å². The van der Waals surface area contributed by atoms with Crippen molar-refractivity contribution in [2.24, 2.45) is 5.92 Å². The molecule has 0 unspecified atom stereocenters. The SMILES string of the molecule is C[C@@H]1C=C(c2cncc(Cl)c2)CCC1. The number of hydrogen-bond acceptors (Lipinski definition) is 1. The van der Waals surface area contributed by atoms with Crippen LogP contribution in [0.5, 0.6) is 0 Å². The van der Waals surface area contributed by atoms with Crippen molar-refractivity contribution >= 4 is 17.2 Å². The van der Waals surface area contributed by atoms with Gasteiger partial charge in [-0.05, 0) is 42.4 Å². The predicted molar refractivity (Wildman–Crippen MR) is 60.2 cm³/mol. The van der Waals surface area contributed by atoms with Gasteiger partial charge >= 0.3 is 0 Å². The number of nitrogens with zero attached hydrogens (tertiary/aromatic N) is 1. The second kappa shape index (κ2) is 4.14. The van der Waals surface area contributed by atoms with Crippen molar-refractivity contribution in [3.05, 3.63) is 35.1 Å². The first kappa shape index (κ1) is 9.72. The maximum atomic E-state index is 5.91. The van der Waals surface area contributed by atoms with Gasteiger partial charge in [0, 0.05) is 12.4 Å². The van der Waals surface area contributed by atoms with Gasteiger partial charge in [0.15, 0.2) is 0 Å². The van der Waals surface area contributed by atoms with Crippen molar-refractivity contribution in [3.63, 3.8) is 0 Å². The minimum absolute atomic E-state index is 0.692. The van der Waals surface area contributed by atoms with Crippen LogP contribution in [0.2, 0.25) is 5.02 Å². The molecule has 0 aromatic carbocycles. The molecule has 74 valence electrons. The van der Waals surface area contributed by atoms with Crippen LogP contribution in [0.3, 0.4) is 0 Å². The third-order valence-electron chi connectivity index (χ3n) is 2.67. The van der Waals surface area contributed by atoms with Crippen molar-refractivity contribution in [2.75, 3.05) is 0 Å². The molecule has 2 heteroatoms. The highest BCUT2D eigenvalue weighted by atomic mass is 35.5. The Kier molecular flexibility index (Phi) is 2.87. The van der Waals surface area contributed by atoms with Crippen LogP contribution in [0.1, 0.15) is 31.7 Å². The monoisotopic (exact) mass is 207 g/mol. The highest BCUT2D eigenvalue weighted by molar-refractivity contribution is 6.30. The molecule has 1 aliphatic rings. The molecule has 0 N–H and O–H groups in total. The average molecular weight is 208 g/mol. The van der Waals surface area contributed by atoms with E-state index < -0.39 is 0 Å². The fraction of sp³-hybridized carbons (Fsp3) is 0.417. The van der Waals surface area contributed by atoms with Gasteiger partial charge in [-0.3, -0.25) is 4.98 Å². The summed E-state index contributed by atoms with van der Waals surface area (Å²) in [5, 5.41) is 0.724. The predicted octanol–water partition coefficient (Wildman–Crippen LogP) is 3.94. The van der Waals surface area contributed by atoms with Crippen LogP contribution in [0, 0.1) is 5.92 Å². The Hall–Kier alpha value is -0.820. The molecule has 2 rings (SSSR count). The first-order chi connectivity index (χ1) is 6.75. The van der Waals surface area contributed by atoms with Crippen LogP contribution < -0.4 is 0 Å². The van der Waals surface area contributed by atoms with E-state index in [4.69, 9.17) is 11.6 Å². The van der Waals surface area contributed by atoms with Crippen molar-refractivity contribution in [1.82, 2.24) is 4.98 Å². The molecular formula is C12H14ClN. The summed E-state index contributed by atoms with van der Waals surface area (Å²) < 4.78 is 0. The molecule has 0 bridgehead atoms. The highest BCUT2D eigenvalue weighted by Gasteiger charge is 2.11. The first-order valence-corrected chi connectivity index (χ1v) is 5.45. The van der Waals surface area contributed by atoms with Crippen LogP contribution in [-0.2, 0) is 0 Å². The molecule has 1 aromatic rings. The topological polar surface area (TPSA) is 12.9 Å². The normalized spacial score (nSPS) is 21.9. The number of hydrogen-bond donors (Lipinski definition) is 0. The van der Waals surface area contributed by atoms with Crippen molar-refractivity contribution in [2.45, 2.75) is 26.2 Å².